The van der Waals surface area contributed by atoms with E-state index in [1.54, 1.807) is 0 Å². The lowest BCUT2D eigenvalue weighted by Gasteiger charge is -2.33. The Morgan fingerprint density at radius 1 is 1.31 bits per heavy atom. The van der Waals surface area contributed by atoms with Gasteiger partial charge in [0.2, 0.25) is 11.8 Å². The van der Waals surface area contributed by atoms with E-state index >= 15 is 0 Å². The van der Waals surface area contributed by atoms with E-state index in [1.165, 1.54) is 10.5 Å². The van der Waals surface area contributed by atoms with Gasteiger partial charge in [-0.25, -0.2) is 4.79 Å². The van der Waals surface area contributed by atoms with Crippen molar-refractivity contribution >= 4 is 23.5 Å². The van der Waals surface area contributed by atoms with Crippen molar-refractivity contribution in [1.29, 1.82) is 0 Å². The van der Waals surface area contributed by atoms with Gasteiger partial charge in [-0.2, -0.15) is 0 Å². The molecular formula is C18H24N4O4. The van der Waals surface area contributed by atoms with E-state index in [1.807, 2.05) is 24.3 Å². The number of carbonyl (C=O) groups is 3. The standard InChI is InChI=1S/C18H24N4O4/c1-10(2)11-3-5-12(6-4-11)19-18(26)20-13-7-15-16(24)21-14(9-23)17(25)22(15)8-13/h3-6,10,13-15,23H,7-9H2,1-2H3,(H,21,24)(H2,19,20,26)/t13-,14-,15-/m0/s1. The number of urea groups is 1. The summed E-state index contributed by atoms with van der Waals surface area (Å²) < 4.78 is 0. The first kappa shape index (κ1) is 18.2. The summed E-state index contributed by atoms with van der Waals surface area (Å²) in [6, 6.07) is 5.43. The second kappa shape index (κ2) is 7.33. The molecule has 3 rings (SSSR count). The molecule has 4 amide bonds. The first-order valence-electron chi connectivity index (χ1n) is 8.78. The minimum absolute atomic E-state index is 0.257. The van der Waals surface area contributed by atoms with Gasteiger partial charge in [-0.15, -0.1) is 0 Å². The number of hydrogen-bond donors (Lipinski definition) is 4. The van der Waals surface area contributed by atoms with E-state index < -0.39 is 18.7 Å². The van der Waals surface area contributed by atoms with Crippen molar-refractivity contribution in [1.82, 2.24) is 15.5 Å². The molecule has 0 aliphatic carbocycles. The zero-order valence-electron chi connectivity index (χ0n) is 14.9. The highest BCUT2D eigenvalue weighted by Gasteiger charge is 2.46. The summed E-state index contributed by atoms with van der Waals surface area (Å²) in [6.07, 6.45) is 0.357. The Hall–Kier alpha value is -2.61. The molecule has 0 unspecified atom stereocenters. The minimum atomic E-state index is -0.897. The van der Waals surface area contributed by atoms with Crippen molar-refractivity contribution in [2.24, 2.45) is 0 Å². The molecule has 2 fully saturated rings. The second-order valence-corrected chi connectivity index (χ2v) is 7.06. The first-order valence-corrected chi connectivity index (χ1v) is 8.78. The lowest BCUT2D eigenvalue weighted by molar-refractivity contribution is -0.148. The molecule has 0 bridgehead atoms. The van der Waals surface area contributed by atoms with Gasteiger partial charge >= 0.3 is 6.03 Å². The monoisotopic (exact) mass is 360 g/mol. The first-order chi connectivity index (χ1) is 12.4. The molecule has 8 nitrogen and oxygen atoms in total. The summed E-state index contributed by atoms with van der Waals surface area (Å²) in [5, 5.41) is 17.3. The molecule has 2 saturated heterocycles. The largest absolute Gasteiger partial charge is 0.394 e. The number of piperazine rings is 1. The highest BCUT2D eigenvalue weighted by molar-refractivity contribution is 5.98. The van der Waals surface area contributed by atoms with Gasteiger partial charge in [0, 0.05) is 12.2 Å². The van der Waals surface area contributed by atoms with E-state index in [0.717, 1.165) is 0 Å². The van der Waals surface area contributed by atoms with E-state index in [0.29, 0.717) is 18.0 Å². The van der Waals surface area contributed by atoms with Gasteiger partial charge in [0.05, 0.1) is 12.6 Å². The van der Waals surface area contributed by atoms with Crippen molar-refractivity contribution in [3.8, 4) is 0 Å². The molecule has 2 aliphatic rings. The number of aliphatic hydroxyl groups is 1. The van der Waals surface area contributed by atoms with Crippen LogP contribution in [0.15, 0.2) is 24.3 Å². The summed E-state index contributed by atoms with van der Waals surface area (Å²) in [7, 11) is 0. The third-order valence-electron chi connectivity index (χ3n) is 4.85. The summed E-state index contributed by atoms with van der Waals surface area (Å²) in [5.74, 6) is -0.191. The highest BCUT2D eigenvalue weighted by Crippen LogP contribution is 2.23. The van der Waals surface area contributed by atoms with E-state index in [4.69, 9.17) is 0 Å². The normalized spacial score (nSPS) is 25.1. The summed E-state index contributed by atoms with van der Waals surface area (Å²) in [5.41, 5.74) is 1.86. The van der Waals surface area contributed by atoms with E-state index in [-0.39, 0.29) is 30.4 Å². The summed E-state index contributed by atoms with van der Waals surface area (Å²) in [6.45, 7) is 4.03. The van der Waals surface area contributed by atoms with Crippen LogP contribution in [0.5, 0.6) is 0 Å². The van der Waals surface area contributed by atoms with Crippen molar-refractivity contribution in [2.45, 2.75) is 44.3 Å². The molecule has 0 saturated carbocycles. The van der Waals surface area contributed by atoms with Crippen LogP contribution in [0.25, 0.3) is 0 Å². The Kier molecular flexibility index (Phi) is 5.13. The number of aliphatic hydroxyl groups excluding tert-OH is 1. The fourth-order valence-corrected chi connectivity index (χ4v) is 3.39. The molecule has 0 radical (unpaired) electrons. The Morgan fingerprint density at radius 2 is 2.00 bits per heavy atom. The molecule has 140 valence electrons. The van der Waals surface area contributed by atoms with Gasteiger partial charge in [0.15, 0.2) is 0 Å². The predicted molar refractivity (Wildman–Crippen MR) is 95.6 cm³/mol. The van der Waals surface area contributed by atoms with Crippen molar-refractivity contribution in [3.05, 3.63) is 29.8 Å². The Balaban J connectivity index is 1.57. The zero-order valence-corrected chi connectivity index (χ0v) is 14.9. The number of carbonyl (C=O) groups excluding carboxylic acids is 3. The van der Waals surface area contributed by atoms with Gasteiger partial charge in [0.1, 0.15) is 12.1 Å². The number of hydrogen-bond acceptors (Lipinski definition) is 4. The molecule has 2 aliphatic heterocycles. The third kappa shape index (κ3) is 3.65. The molecule has 4 N–H and O–H groups in total. The molecule has 8 heteroatoms. The van der Waals surface area contributed by atoms with Crippen molar-refractivity contribution < 1.29 is 19.5 Å². The molecule has 26 heavy (non-hydrogen) atoms. The van der Waals surface area contributed by atoms with Gasteiger partial charge in [-0.1, -0.05) is 26.0 Å². The number of nitrogens with zero attached hydrogens (tertiary/aromatic N) is 1. The van der Waals surface area contributed by atoms with Crippen LogP contribution >= 0.6 is 0 Å². The van der Waals surface area contributed by atoms with Crippen LogP contribution in [0, 0.1) is 0 Å². The van der Waals surface area contributed by atoms with Crippen LogP contribution in [0.2, 0.25) is 0 Å². The van der Waals surface area contributed by atoms with Crippen LogP contribution in [0.1, 0.15) is 31.7 Å². The molecule has 0 aromatic heterocycles. The quantitative estimate of drug-likeness (QED) is 0.622. The van der Waals surface area contributed by atoms with Crippen LogP contribution in [-0.4, -0.2) is 59.1 Å². The predicted octanol–water partition coefficient (Wildman–Crippen LogP) is 0.392. The molecular weight excluding hydrogens is 336 g/mol. The third-order valence-corrected chi connectivity index (χ3v) is 4.85. The van der Waals surface area contributed by atoms with Gasteiger partial charge < -0.3 is 26.0 Å². The zero-order chi connectivity index (χ0) is 18.8. The molecule has 3 atom stereocenters. The lowest BCUT2D eigenvalue weighted by Crippen LogP contribution is -2.62. The Bertz CT molecular complexity index is 704. The number of anilines is 1. The average Bonchev–Trinajstić information content (AvgIpc) is 3.03. The number of fused-ring (bicyclic) bond motifs is 1. The molecule has 1 aromatic carbocycles. The fraction of sp³-hybridized carbons (Fsp3) is 0.500. The van der Waals surface area contributed by atoms with Gasteiger partial charge in [-0.05, 0) is 30.0 Å². The average molecular weight is 360 g/mol. The van der Waals surface area contributed by atoms with Crippen LogP contribution in [0.4, 0.5) is 10.5 Å². The topological polar surface area (TPSA) is 111 Å². The molecule has 1 aromatic rings. The summed E-state index contributed by atoms with van der Waals surface area (Å²) in [4.78, 5) is 37.9. The number of nitrogens with one attached hydrogen (secondary N) is 3. The SMILES string of the molecule is CC(C)c1ccc(NC(=O)N[C@H]2C[C@H]3C(=O)N[C@@H](CO)C(=O)N3C2)cc1. The molecule has 2 heterocycles. The highest BCUT2D eigenvalue weighted by atomic mass is 16.3. The maximum Gasteiger partial charge on any atom is 0.319 e. The number of benzene rings is 1. The summed E-state index contributed by atoms with van der Waals surface area (Å²) >= 11 is 0. The van der Waals surface area contributed by atoms with E-state index in [2.05, 4.69) is 29.8 Å². The van der Waals surface area contributed by atoms with Crippen LogP contribution in [-0.2, 0) is 9.59 Å². The van der Waals surface area contributed by atoms with E-state index in [9.17, 15) is 19.5 Å². The number of amides is 4. The van der Waals surface area contributed by atoms with Crippen molar-refractivity contribution in [2.75, 3.05) is 18.5 Å². The Labute approximate surface area is 151 Å². The minimum Gasteiger partial charge on any atom is -0.394 e. The van der Waals surface area contributed by atoms with Crippen molar-refractivity contribution in [3.63, 3.8) is 0 Å². The van der Waals surface area contributed by atoms with Gasteiger partial charge in [0.25, 0.3) is 0 Å². The maximum absolute atomic E-state index is 12.2. The molecule has 0 spiro atoms. The van der Waals surface area contributed by atoms with Crippen LogP contribution < -0.4 is 16.0 Å². The second-order valence-electron chi connectivity index (χ2n) is 7.06. The van der Waals surface area contributed by atoms with Gasteiger partial charge in [-0.3, -0.25) is 9.59 Å². The maximum atomic E-state index is 12.2. The Morgan fingerprint density at radius 3 is 2.62 bits per heavy atom. The fourth-order valence-electron chi connectivity index (χ4n) is 3.39. The number of rotatable bonds is 4. The lowest BCUT2D eigenvalue weighted by atomic mass is 10.0. The van der Waals surface area contributed by atoms with Crippen LogP contribution in [0.3, 0.4) is 0 Å². The smallest absolute Gasteiger partial charge is 0.319 e.